The molecule has 1 amide bonds. The van der Waals surface area contributed by atoms with Crippen molar-refractivity contribution < 1.29 is 21.6 Å². The maximum atomic E-state index is 13.4. The number of nitrogens with zero attached hydrogens (tertiary/aromatic N) is 2. The lowest BCUT2D eigenvalue weighted by Crippen LogP contribution is -2.60. The first-order chi connectivity index (χ1) is 16.2. The van der Waals surface area contributed by atoms with Gasteiger partial charge in [-0.15, -0.1) is 0 Å². The lowest BCUT2D eigenvalue weighted by molar-refractivity contribution is -0.120. The zero-order valence-electron chi connectivity index (χ0n) is 17.9. The Labute approximate surface area is 203 Å². The number of halogens is 1. The van der Waals surface area contributed by atoms with E-state index in [0.717, 1.165) is 8.61 Å². The molecule has 3 aromatic carbocycles. The molecule has 1 aliphatic rings. The summed E-state index contributed by atoms with van der Waals surface area (Å²) in [4.78, 5) is 13.4. The summed E-state index contributed by atoms with van der Waals surface area (Å²) in [5.74, 6) is -0.680. The van der Waals surface area contributed by atoms with Gasteiger partial charge in [-0.3, -0.25) is 4.79 Å². The molecule has 3 aromatic rings. The van der Waals surface area contributed by atoms with Gasteiger partial charge in [-0.25, -0.2) is 16.8 Å². The van der Waals surface area contributed by atoms with E-state index in [0.29, 0.717) is 5.69 Å². The van der Waals surface area contributed by atoms with E-state index in [2.05, 4.69) is 5.32 Å². The van der Waals surface area contributed by atoms with Gasteiger partial charge in [-0.05, 0) is 36.4 Å². The molecular weight excluding hydrogens is 498 g/mol. The zero-order chi connectivity index (χ0) is 24.3. The van der Waals surface area contributed by atoms with Gasteiger partial charge < -0.3 is 5.32 Å². The number of rotatable bonds is 6. The molecule has 1 fully saturated rings. The van der Waals surface area contributed by atoms with Crippen LogP contribution in [0.2, 0.25) is 5.02 Å². The van der Waals surface area contributed by atoms with Gasteiger partial charge in [0.15, 0.2) is 0 Å². The lowest BCUT2D eigenvalue weighted by atomic mass is 10.2. The molecule has 0 aliphatic carbocycles. The fourth-order valence-corrected chi connectivity index (χ4v) is 6.94. The van der Waals surface area contributed by atoms with Crippen molar-refractivity contribution >= 4 is 43.2 Å². The first-order valence-electron chi connectivity index (χ1n) is 10.4. The van der Waals surface area contributed by atoms with E-state index < -0.39 is 32.0 Å². The molecule has 0 aromatic heterocycles. The summed E-state index contributed by atoms with van der Waals surface area (Å²) in [6.07, 6.45) is 0. The molecule has 34 heavy (non-hydrogen) atoms. The van der Waals surface area contributed by atoms with Crippen LogP contribution in [0.4, 0.5) is 5.69 Å². The third kappa shape index (κ3) is 4.86. The van der Waals surface area contributed by atoms with Crippen molar-refractivity contribution in [3.8, 4) is 0 Å². The largest absolute Gasteiger partial charge is 0.323 e. The van der Waals surface area contributed by atoms with Crippen molar-refractivity contribution in [2.75, 3.05) is 25.0 Å². The molecule has 0 bridgehead atoms. The highest BCUT2D eigenvalue weighted by atomic mass is 35.5. The highest BCUT2D eigenvalue weighted by Crippen LogP contribution is 2.27. The molecule has 1 aliphatic heterocycles. The number of hydrogen-bond acceptors (Lipinski definition) is 5. The topological polar surface area (TPSA) is 104 Å². The molecule has 0 unspecified atom stereocenters. The summed E-state index contributed by atoms with van der Waals surface area (Å²) in [7, 11) is -8.01. The molecule has 0 radical (unpaired) electrons. The van der Waals surface area contributed by atoms with Crippen molar-refractivity contribution in [1.82, 2.24) is 8.61 Å². The molecule has 11 heteroatoms. The van der Waals surface area contributed by atoms with Crippen molar-refractivity contribution in [1.29, 1.82) is 0 Å². The summed E-state index contributed by atoms with van der Waals surface area (Å²) in [6.45, 7) is -0.636. The van der Waals surface area contributed by atoms with Crippen molar-refractivity contribution in [2.45, 2.75) is 15.8 Å². The summed E-state index contributed by atoms with van der Waals surface area (Å²) >= 11 is 6.16. The van der Waals surface area contributed by atoms with Crippen LogP contribution >= 0.6 is 11.6 Å². The SMILES string of the molecule is O=C(Nc1ccccc1Cl)[C@H]1CN(S(=O)(=O)c2ccccc2)CCN1S(=O)(=O)c1ccccc1. The first kappa shape index (κ1) is 24.4. The monoisotopic (exact) mass is 519 g/mol. The molecule has 178 valence electrons. The number of para-hydroxylation sites is 1. The summed E-state index contributed by atoms with van der Waals surface area (Å²) in [5, 5.41) is 2.92. The Morgan fingerprint density at radius 1 is 0.765 bits per heavy atom. The number of benzene rings is 3. The number of carbonyl (C=O) groups excluding carboxylic acids is 1. The second kappa shape index (κ2) is 9.85. The van der Waals surface area contributed by atoms with Crippen LogP contribution in [0, 0.1) is 0 Å². The first-order valence-corrected chi connectivity index (χ1v) is 13.6. The third-order valence-corrected chi connectivity index (χ3v) is 9.59. The molecule has 1 heterocycles. The number of sulfonamides is 2. The molecule has 1 N–H and O–H groups in total. The Bertz CT molecular complexity index is 1380. The van der Waals surface area contributed by atoms with Crippen molar-refractivity contribution in [2.24, 2.45) is 0 Å². The maximum Gasteiger partial charge on any atom is 0.244 e. The quantitative estimate of drug-likeness (QED) is 0.539. The average molecular weight is 520 g/mol. The predicted molar refractivity (Wildman–Crippen MR) is 129 cm³/mol. The van der Waals surface area contributed by atoms with Gasteiger partial charge in [0.25, 0.3) is 0 Å². The lowest BCUT2D eigenvalue weighted by Gasteiger charge is -2.39. The van der Waals surface area contributed by atoms with Crippen LogP contribution in [0.15, 0.2) is 94.7 Å². The second-order valence-corrected chi connectivity index (χ2v) is 11.8. The number of amides is 1. The van der Waals surface area contributed by atoms with Gasteiger partial charge in [0.05, 0.1) is 20.5 Å². The highest BCUT2D eigenvalue weighted by molar-refractivity contribution is 7.89. The smallest absolute Gasteiger partial charge is 0.244 e. The van der Waals surface area contributed by atoms with Gasteiger partial charge in [0, 0.05) is 19.6 Å². The van der Waals surface area contributed by atoms with Crippen LogP contribution in [0.5, 0.6) is 0 Å². The Morgan fingerprint density at radius 3 is 1.88 bits per heavy atom. The number of carbonyl (C=O) groups is 1. The van der Waals surface area contributed by atoms with E-state index >= 15 is 0 Å². The van der Waals surface area contributed by atoms with E-state index in [9.17, 15) is 21.6 Å². The van der Waals surface area contributed by atoms with Gasteiger partial charge in [0.2, 0.25) is 26.0 Å². The minimum Gasteiger partial charge on any atom is -0.323 e. The average Bonchev–Trinajstić information content (AvgIpc) is 2.86. The minimum absolute atomic E-state index is 0.0184. The fourth-order valence-electron chi connectivity index (χ4n) is 3.71. The Kier molecular flexibility index (Phi) is 7.06. The maximum absolute atomic E-state index is 13.4. The van der Waals surface area contributed by atoms with Gasteiger partial charge in [-0.2, -0.15) is 8.61 Å². The molecule has 0 spiro atoms. The van der Waals surface area contributed by atoms with Crippen LogP contribution in [0.3, 0.4) is 0 Å². The van der Waals surface area contributed by atoms with Gasteiger partial charge >= 0.3 is 0 Å². The summed E-state index contributed by atoms with van der Waals surface area (Å²) in [6, 6.07) is 20.8. The van der Waals surface area contributed by atoms with Crippen LogP contribution in [0.1, 0.15) is 0 Å². The Hall–Kier alpha value is -2.76. The van der Waals surface area contributed by atoms with E-state index in [1.807, 2.05) is 0 Å². The number of nitrogens with one attached hydrogen (secondary N) is 1. The van der Waals surface area contributed by atoms with Gasteiger partial charge in [-0.1, -0.05) is 60.1 Å². The molecule has 1 atom stereocenters. The molecule has 4 rings (SSSR count). The van der Waals surface area contributed by atoms with Crippen LogP contribution in [0.25, 0.3) is 0 Å². The number of piperazine rings is 1. The minimum atomic E-state index is -4.07. The van der Waals surface area contributed by atoms with E-state index in [4.69, 9.17) is 11.6 Å². The van der Waals surface area contributed by atoms with Crippen LogP contribution in [-0.2, 0) is 24.8 Å². The predicted octanol–water partition coefficient (Wildman–Crippen LogP) is 3.04. The fraction of sp³-hybridized carbons (Fsp3) is 0.174. The molecule has 8 nitrogen and oxygen atoms in total. The van der Waals surface area contributed by atoms with E-state index in [1.165, 1.54) is 24.3 Å². The van der Waals surface area contributed by atoms with E-state index in [-0.39, 0.29) is 34.4 Å². The van der Waals surface area contributed by atoms with Crippen LogP contribution in [-0.4, -0.2) is 57.0 Å². The highest BCUT2D eigenvalue weighted by Gasteiger charge is 2.43. The summed E-state index contributed by atoms with van der Waals surface area (Å²) < 4.78 is 55.4. The standard InChI is InChI=1S/C23H22ClN3O5S2/c24-20-13-7-8-14-21(20)25-23(28)22-17-26(33(29,30)18-9-3-1-4-10-18)15-16-27(22)34(31,32)19-11-5-2-6-12-19/h1-14,22H,15-17H2,(H,25,28)/t22-/m1/s1. The normalized spacial score (nSPS) is 17.9. The molecular formula is C23H22ClN3O5S2. The third-order valence-electron chi connectivity index (χ3n) is 5.46. The van der Waals surface area contributed by atoms with Gasteiger partial charge in [0.1, 0.15) is 6.04 Å². The van der Waals surface area contributed by atoms with Crippen molar-refractivity contribution in [3.05, 3.63) is 90.0 Å². The number of anilines is 1. The molecule has 0 saturated carbocycles. The van der Waals surface area contributed by atoms with Crippen molar-refractivity contribution in [3.63, 3.8) is 0 Å². The zero-order valence-corrected chi connectivity index (χ0v) is 20.3. The van der Waals surface area contributed by atoms with Crippen LogP contribution < -0.4 is 5.32 Å². The Balaban J connectivity index is 1.70. The Morgan fingerprint density at radius 2 is 1.29 bits per heavy atom. The molecule has 1 saturated heterocycles. The second-order valence-electron chi connectivity index (χ2n) is 7.59. The number of hydrogen-bond donors (Lipinski definition) is 1. The summed E-state index contributed by atoms with van der Waals surface area (Å²) in [5.41, 5.74) is 0.300. The van der Waals surface area contributed by atoms with E-state index in [1.54, 1.807) is 60.7 Å².